The number of alkyl halides is 3. The van der Waals surface area contributed by atoms with Crippen LogP contribution in [0, 0.1) is 0 Å². The Morgan fingerprint density at radius 1 is 1.18 bits per heavy atom. The molecule has 0 fully saturated rings. The lowest BCUT2D eigenvalue weighted by Crippen LogP contribution is -2.17. The second-order valence-corrected chi connectivity index (χ2v) is 4.94. The van der Waals surface area contributed by atoms with Crippen molar-refractivity contribution in [3.63, 3.8) is 0 Å². The normalized spacial score (nSPS) is 11.3. The zero-order chi connectivity index (χ0) is 16.6. The summed E-state index contributed by atoms with van der Waals surface area (Å²) in [6.45, 7) is 3.25. The first-order valence-corrected chi connectivity index (χ1v) is 7.28. The van der Waals surface area contributed by atoms with Crippen molar-refractivity contribution in [1.29, 1.82) is 0 Å². The van der Waals surface area contributed by atoms with Crippen molar-refractivity contribution in [2.24, 2.45) is 0 Å². The molecule has 22 heavy (non-hydrogen) atoms. The average Bonchev–Trinajstić information content (AvgIpc) is 2.45. The Kier molecular flexibility index (Phi) is 7.17. The van der Waals surface area contributed by atoms with Crippen LogP contribution in [-0.2, 0) is 11.0 Å². The van der Waals surface area contributed by atoms with E-state index in [1.54, 1.807) is 7.05 Å². The first-order valence-electron chi connectivity index (χ1n) is 7.28. The summed E-state index contributed by atoms with van der Waals surface area (Å²) >= 11 is 0. The highest BCUT2D eigenvalue weighted by Crippen LogP contribution is 2.34. The van der Waals surface area contributed by atoms with Gasteiger partial charge in [0.25, 0.3) is 0 Å². The fourth-order valence-corrected chi connectivity index (χ4v) is 1.88. The van der Waals surface area contributed by atoms with Crippen molar-refractivity contribution in [2.75, 3.05) is 30.8 Å². The van der Waals surface area contributed by atoms with E-state index in [0.29, 0.717) is 25.2 Å². The minimum Gasteiger partial charge on any atom is -0.383 e. The van der Waals surface area contributed by atoms with Gasteiger partial charge in [0.15, 0.2) is 0 Å². The molecule has 3 N–H and O–H groups in total. The van der Waals surface area contributed by atoms with Crippen molar-refractivity contribution < 1.29 is 18.0 Å². The minimum atomic E-state index is -4.44. The quantitative estimate of drug-likeness (QED) is 0.644. The van der Waals surface area contributed by atoms with Gasteiger partial charge in [-0.25, -0.2) is 0 Å². The molecule has 0 aliphatic heterocycles. The first-order chi connectivity index (χ1) is 10.4. The summed E-state index contributed by atoms with van der Waals surface area (Å²) in [5.41, 5.74) is -0.116. The molecule has 0 heterocycles. The minimum absolute atomic E-state index is 0.165. The van der Waals surface area contributed by atoms with Crippen LogP contribution in [0.4, 0.5) is 24.5 Å². The van der Waals surface area contributed by atoms with Gasteiger partial charge in [0, 0.05) is 13.0 Å². The molecular weight excluding hydrogens is 295 g/mol. The van der Waals surface area contributed by atoms with Gasteiger partial charge in [-0.1, -0.05) is 6.92 Å². The summed E-state index contributed by atoms with van der Waals surface area (Å²) in [5.74, 6) is -0.297. The second kappa shape index (κ2) is 8.63. The van der Waals surface area contributed by atoms with Crippen LogP contribution >= 0.6 is 0 Å². The smallest absolute Gasteiger partial charge is 0.383 e. The van der Waals surface area contributed by atoms with E-state index in [-0.39, 0.29) is 18.0 Å². The fraction of sp³-hybridized carbons (Fsp3) is 0.533. The van der Waals surface area contributed by atoms with E-state index in [9.17, 15) is 18.0 Å². The summed E-state index contributed by atoms with van der Waals surface area (Å²) in [6.07, 6.45) is -2.73. The van der Waals surface area contributed by atoms with E-state index >= 15 is 0 Å². The molecule has 0 atom stereocenters. The SMILES string of the molecule is CCCNc1ccc(C(F)(F)F)cc1NC(=O)CCCNC. The summed E-state index contributed by atoms with van der Waals surface area (Å²) in [5, 5.41) is 8.50. The highest BCUT2D eigenvalue weighted by molar-refractivity contribution is 5.94. The second-order valence-electron chi connectivity index (χ2n) is 4.94. The van der Waals surface area contributed by atoms with Crippen molar-refractivity contribution in [3.8, 4) is 0 Å². The van der Waals surface area contributed by atoms with Crippen LogP contribution in [0.15, 0.2) is 18.2 Å². The zero-order valence-electron chi connectivity index (χ0n) is 12.8. The number of nitrogens with one attached hydrogen (secondary N) is 3. The van der Waals surface area contributed by atoms with Gasteiger partial charge < -0.3 is 16.0 Å². The third-order valence-electron chi connectivity index (χ3n) is 3.02. The molecule has 0 spiro atoms. The Hall–Kier alpha value is -1.76. The van der Waals surface area contributed by atoms with E-state index in [2.05, 4.69) is 16.0 Å². The van der Waals surface area contributed by atoms with Crippen LogP contribution in [0.3, 0.4) is 0 Å². The molecule has 0 aromatic heterocycles. The highest BCUT2D eigenvalue weighted by atomic mass is 19.4. The monoisotopic (exact) mass is 317 g/mol. The molecule has 1 aromatic carbocycles. The van der Waals surface area contributed by atoms with Gasteiger partial charge in [-0.3, -0.25) is 4.79 Å². The molecule has 1 rings (SSSR count). The number of hydrogen-bond donors (Lipinski definition) is 3. The van der Waals surface area contributed by atoms with E-state index in [1.165, 1.54) is 6.07 Å². The van der Waals surface area contributed by atoms with E-state index in [0.717, 1.165) is 18.6 Å². The average molecular weight is 317 g/mol. The number of rotatable bonds is 8. The van der Waals surface area contributed by atoms with Gasteiger partial charge in [0.1, 0.15) is 0 Å². The van der Waals surface area contributed by atoms with E-state index < -0.39 is 11.7 Å². The number of amides is 1. The molecule has 0 aliphatic carbocycles. The maximum Gasteiger partial charge on any atom is 0.416 e. The van der Waals surface area contributed by atoms with Crippen molar-refractivity contribution in [3.05, 3.63) is 23.8 Å². The molecular formula is C15H22F3N3O. The Labute approximate surface area is 128 Å². The number of carbonyl (C=O) groups excluding carboxylic acids is 1. The molecule has 1 amide bonds. The van der Waals surface area contributed by atoms with Crippen LogP contribution in [0.2, 0.25) is 0 Å². The molecule has 4 nitrogen and oxygen atoms in total. The molecule has 0 aliphatic rings. The Bertz CT molecular complexity index is 489. The molecule has 7 heteroatoms. The van der Waals surface area contributed by atoms with E-state index in [4.69, 9.17) is 0 Å². The lowest BCUT2D eigenvalue weighted by Gasteiger charge is -2.15. The largest absolute Gasteiger partial charge is 0.416 e. The summed E-state index contributed by atoms with van der Waals surface area (Å²) in [4.78, 5) is 11.8. The van der Waals surface area contributed by atoms with E-state index in [1.807, 2.05) is 6.92 Å². The Morgan fingerprint density at radius 3 is 2.50 bits per heavy atom. The number of hydrogen-bond acceptors (Lipinski definition) is 3. The van der Waals surface area contributed by atoms with Crippen LogP contribution in [0.5, 0.6) is 0 Å². The van der Waals surface area contributed by atoms with Gasteiger partial charge in [-0.15, -0.1) is 0 Å². The first kappa shape index (κ1) is 18.3. The molecule has 0 unspecified atom stereocenters. The van der Waals surface area contributed by atoms with Crippen molar-refractivity contribution >= 4 is 17.3 Å². The summed E-state index contributed by atoms with van der Waals surface area (Å²) < 4.78 is 38.4. The molecule has 0 saturated carbocycles. The topological polar surface area (TPSA) is 53.2 Å². The van der Waals surface area contributed by atoms with Crippen LogP contribution in [0.1, 0.15) is 31.7 Å². The third kappa shape index (κ3) is 5.93. The van der Waals surface area contributed by atoms with Gasteiger partial charge in [0.2, 0.25) is 5.91 Å². The van der Waals surface area contributed by atoms with Crippen molar-refractivity contribution in [1.82, 2.24) is 5.32 Å². The summed E-state index contributed by atoms with van der Waals surface area (Å²) in [6, 6.07) is 3.32. The van der Waals surface area contributed by atoms with Crippen molar-refractivity contribution in [2.45, 2.75) is 32.4 Å². The number of anilines is 2. The highest BCUT2D eigenvalue weighted by Gasteiger charge is 2.31. The van der Waals surface area contributed by atoms with Crippen LogP contribution in [-0.4, -0.2) is 26.0 Å². The fourth-order valence-electron chi connectivity index (χ4n) is 1.88. The Morgan fingerprint density at radius 2 is 1.91 bits per heavy atom. The lowest BCUT2D eigenvalue weighted by atomic mass is 10.1. The lowest BCUT2D eigenvalue weighted by molar-refractivity contribution is -0.137. The molecule has 0 saturated heterocycles. The maximum absolute atomic E-state index is 12.8. The maximum atomic E-state index is 12.8. The van der Waals surface area contributed by atoms with Gasteiger partial charge in [-0.05, 0) is 44.6 Å². The van der Waals surface area contributed by atoms with Gasteiger partial charge in [-0.2, -0.15) is 13.2 Å². The predicted octanol–water partition coefficient (Wildman–Crippen LogP) is 3.47. The van der Waals surface area contributed by atoms with Crippen LogP contribution in [0.25, 0.3) is 0 Å². The predicted molar refractivity (Wildman–Crippen MR) is 82.0 cm³/mol. The summed E-state index contributed by atoms with van der Waals surface area (Å²) in [7, 11) is 1.78. The third-order valence-corrected chi connectivity index (χ3v) is 3.02. The zero-order valence-corrected chi connectivity index (χ0v) is 12.8. The number of carbonyl (C=O) groups is 1. The molecule has 0 bridgehead atoms. The standard InChI is InChI=1S/C15H22F3N3O/c1-3-8-20-12-7-6-11(15(16,17)18)10-13(12)21-14(22)5-4-9-19-2/h6-7,10,19-20H,3-5,8-9H2,1-2H3,(H,21,22). The van der Waals surface area contributed by atoms with Crippen LogP contribution < -0.4 is 16.0 Å². The number of halogens is 3. The molecule has 1 aromatic rings. The van der Waals surface area contributed by atoms with Gasteiger partial charge >= 0.3 is 6.18 Å². The van der Waals surface area contributed by atoms with Gasteiger partial charge in [0.05, 0.1) is 16.9 Å². The molecule has 0 radical (unpaired) electrons. The Balaban J connectivity index is 2.88. The molecule has 124 valence electrons. The number of benzene rings is 1.